The number of aromatic amines is 1. The zero-order valence-corrected chi connectivity index (χ0v) is 12.6. The van der Waals surface area contributed by atoms with Crippen LogP contribution in [-0.2, 0) is 0 Å². The molecular formula is C15H8ClN3O2S. The van der Waals surface area contributed by atoms with Crippen molar-refractivity contribution in [3.8, 4) is 11.3 Å². The fraction of sp³-hybridized carbons (Fsp3) is 0. The van der Waals surface area contributed by atoms with E-state index in [2.05, 4.69) is 9.97 Å². The van der Waals surface area contributed by atoms with Gasteiger partial charge in [0.15, 0.2) is 17.5 Å². The van der Waals surface area contributed by atoms with Gasteiger partial charge in [-0.2, -0.15) is 0 Å². The van der Waals surface area contributed by atoms with Gasteiger partial charge in [-0.3, -0.25) is 14.0 Å². The fourth-order valence-corrected chi connectivity index (χ4v) is 3.54. The Kier molecular flexibility index (Phi) is 2.88. The Hall–Kier alpha value is -2.44. The van der Waals surface area contributed by atoms with Gasteiger partial charge < -0.3 is 4.98 Å². The number of thiazole rings is 1. The Balaban J connectivity index is 2.01. The predicted molar refractivity (Wildman–Crippen MR) is 86.1 cm³/mol. The number of carbonyl (C=O) groups is 2. The van der Waals surface area contributed by atoms with E-state index in [1.54, 1.807) is 4.40 Å². The molecule has 0 fully saturated rings. The summed E-state index contributed by atoms with van der Waals surface area (Å²) < 4.78 is 1.75. The Morgan fingerprint density at radius 3 is 2.91 bits per heavy atom. The highest BCUT2D eigenvalue weighted by atomic mass is 35.5. The van der Waals surface area contributed by atoms with E-state index >= 15 is 0 Å². The number of hydrogen-bond acceptors (Lipinski definition) is 4. The lowest BCUT2D eigenvalue weighted by Gasteiger charge is -2.00. The number of imidazole rings is 1. The number of hydrogen-bond donors (Lipinski definition) is 1. The van der Waals surface area contributed by atoms with Crippen molar-refractivity contribution in [2.45, 2.75) is 0 Å². The SMILES string of the molecule is O=Cc1c(Cl)[nH]c2ccc(-c3nc4sccn4c3C=O)cc12. The standard InChI is InChI=1S/C15H8ClN3O2S/c16-14-10(6-20)9-5-8(1-2-11(9)17-14)13-12(7-21)19-3-4-22-15(19)18-13/h1-7,17H. The van der Waals surface area contributed by atoms with E-state index in [0.29, 0.717) is 27.5 Å². The first-order chi connectivity index (χ1) is 10.7. The van der Waals surface area contributed by atoms with Gasteiger partial charge in [0.25, 0.3) is 0 Å². The van der Waals surface area contributed by atoms with Gasteiger partial charge in [0.1, 0.15) is 16.5 Å². The molecule has 22 heavy (non-hydrogen) atoms. The number of benzene rings is 1. The molecule has 3 aromatic heterocycles. The summed E-state index contributed by atoms with van der Waals surface area (Å²) in [5.41, 5.74) is 3.03. The van der Waals surface area contributed by atoms with Crippen LogP contribution in [0.1, 0.15) is 20.8 Å². The highest BCUT2D eigenvalue weighted by Crippen LogP contribution is 2.31. The van der Waals surface area contributed by atoms with E-state index in [1.807, 2.05) is 29.8 Å². The van der Waals surface area contributed by atoms with Gasteiger partial charge in [-0.15, -0.1) is 11.3 Å². The normalized spacial score (nSPS) is 11.3. The van der Waals surface area contributed by atoms with Crippen LogP contribution in [0.2, 0.25) is 5.15 Å². The highest BCUT2D eigenvalue weighted by molar-refractivity contribution is 7.15. The second-order valence-electron chi connectivity index (χ2n) is 4.75. The molecule has 4 rings (SSSR count). The molecule has 0 atom stereocenters. The summed E-state index contributed by atoms with van der Waals surface area (Å²) in [5, 5.41) is 2.90. The Morgan fingerprint density at radius 2 is 2.14 bits per heavy atom. The van der Waals surface area contributed by atoms with Crippen molar-refractivity contribution in [2.24, 2.45) is 0 Å². The second kappa shape index (κ2) is 4.79. The molecule has 0 saturated carbocycles. The van der Waals surface area contributed by atoms with Crippen molar-refractivity contribution in [1.29, 1.82) is 0 Å². The molecule has 1 N–H and O–H groups in total. The molecular weight excluding hydrogens is 322 g/mol. The van der Waals surface area contributed by atoms with Crippen LogP contribution in [0, 0.1) is 0 Å². The van der Waals surface area contributed by atoms with Crippen LogP contribution in [0.3, 0.4) is 0 Å². The maximum absolute atomic E-state index is 11.4. The minimum Gasteiger partial charge on any atom is -0.345 e. The largest absolute Gasteiger partial charge is 0.345 e. The van der Waals surface area contributed by atoms with Gasteiger partial charge in [-0.1, -0.05) is 17.7 Å². The zero-order valence-electron chi connectivity index (χ0n) is 11.0. The minimum absolute atomic E-state index is 0.309. The van der Waals surface area contributed by atoms with Crippen LogP contribution < -0.4 is 0 Å². The monoisotopic (exact) mass is 329 g/mol. The number of halogens is 1. The quantitative estimate of drug-likeness (QED) is 0.581. The Morgan fingerprint density at radius 1 is 1.27 bits per heavy atom. The number of aromatic nitrogens is 3. The van der Waals surface area contributed by atoms with Gasteiger partial charge in [0, 0.05) is 28.0 Å². The molecule has 108 valence electrons. The van der Waals surface area contributed by atoms with Gasteiger partial charge in [-0.05, 0) is 12.1 Å². The highest BCUT2D eigenvalue weighted by Gasteiger charge is 2.16. The first kappa shape index (κ1) is 13.2. The number of nitrogens with one attached hydrogen (secondary N) is 1. The van der Waals surface area contributed by atoms with Gasteiger partial charge in [0.2, 0.25) is 0 Å². The number of fused-ring (bicyclic) bond motifs is 2. The number of rotatable bonds is 3. The summed E-state index contributed by atoms with van der Waals surface area (Å²) in [6, 6.07) is 5.50. The van der Waals surface area contributed by atoms with Crippen LogP contribution in [0.5, 0.6) is 0 Å². The van der Waals surface area contributed by atoms with Crippen LogP contribution in [0.4, 0.5) is 0 Å². The van der Waals surface area contributed by atoms with E-state index in [4.69, 9.17) is 11.6 Å². The molecule has 4 aromatic rings. The van der Waals surface area contributed by atoms with E-state index in [-0.39, 0.29) is 0 Å². The molecule has 1 aromatic carbocycles. The maximum atomic E-state index is 11.4. The van der Waals surface area contributed by atoms with Gasteiger partial charge >= 0.3 is 0 Å². The molecule has 0 aliphatic carbocycles. The summed E-state index contributed by atoms with van der Waals surface area (Å²) in [4.78, 5) is 30.8. The summed E-state index contributed by atoms with van der Waals surface area (Å²) in [6.45, 7) is 0. The van der Waals surface area contributed by atoms with Crippen molar-refractivity contribution in [3.05, 3.63) is 46.2 Å². The third-order valence-corrected chi connectivity index (χ3v) is 4.65. The summed E-state index contributed by atoms with van der Waals surface area (Å²) in [7, 11) is 0. The topological polar surface area (TPSA) is 67.2 Å². The van der Waals surface area contributed by atoms with E-state index in [9.17, 15) is 9.59 Å². The van der Waals surface area contributed by atoms with E-state index in [0.717, 1.165) is 28.6 Å². The van der Waals surface area contributed by atoms with Crippen LogP contribution in [0.15, 0.2) is 29.8 Å². The van der Waals surface area contributed by atoms with E-state index in [1.165, 1.54) is 11.3 Å². The lowest BCUT2D eigenvalue weighted by molar-refractivity contribution is 0.111. The molecule has 0 saturated heterocycles. The van der Waals surface area contributed by atoms with Crippen LogP contribution >= 0.6 is 22.9 Å². The molecule has 0 radical (unpaired) electrons. The van der Waals surface area contributed by atoms with E-state index < -0.39 is 0 Å². The predicted octanol–water partition coefficient (Wildman–Crippen LogP) is 3.82. The van der Waals surface area contributed by atoms with Crippen LogP contribution in [0.25, 0.3) is 27.1 Å². The van der Waals surface area contributed by atoms with Crippen molar-refractivity contribution in [2.75, 3.05) is 0 Å². The number of carbonyl (C=O) groups excluding carboxylic acids is 2. The number of aldehydes is 2. The third kappa shape index (κ3) is 1.74. The first-order valence-electron chi connectivity index (χ1n) is 6.40. The van der Waals surface area contributed by atoms with Gasteiger partial charge in [-0.25, -0.2) is 4.98 Å². The zero-order chi connectivity index (χ0) is 15.3. The third-order valence-electron chi connectivity index (χ3n) is 3.59. The lowest BCUT2D eigenvalue weighted by Crippen LogP contribution is -1.90. The average molecular weight is 330 g/mol. The molecule has 0 aliphatic heterocycles. The Labute approximate surface area is 133 Å². The molecule has 0 bridgehead atoms. The molecule has 3 heterocycles. The minimum atomic E-state index is 0.309. The summed E-state index contributed by atoms with van der Waals surface area (Å²) >= 11 is 7.47. The van der Waals surface area contributed by atoms with Crippen molar-refractivity contribution in [3.63, 3.8) is 0 Å². The maximum Gasteiger partial charge on any atom is 0.194 e. The van der Waals surface area contributed by atoms with Crippen molar-refractivity contribution >= 4 is 51.4 Å². The molecule has 0 amide bonds. The number of nitrogens with zero attached hydrogens (tertiary/aromatic N) is 2. The summed E-state index contributed by atoms with van der Waals surface area (Å²) in [6.07, 6.45) is 3.32. The van der Waals surface area contributed by atoms with Gasteiger partial charge in [0.05, 0.1) is 5.56 Å². The molecule has 0 spiro atoms. The van der Waals surface area contributed by atoms with Crippen LogP contribution in [-0.4, -0.2) is 26.9 Å². The van der Waals surface area contributed by atoms with Crippen molar-refractivity contribution < 1.29 is 9.59 Å². The second-order valence-corrected chi connectivity index (χ2v) is 6.00. The fourth-order valence-electron chi connectivity index (χ4n) is 2.57. The molecule has 0 aliphatic rings. The average Bonchev–Trinajstić information content (AvgIpc) is 3.17. The molecule has 7 heteroatoms. The smallest absolute Gasteiger partial charge is 0.194 e. The lowest BCUT2D eigenvalue weighted by atomic mass is 10.1. The Bertz CT molecular complexity index is 1040. The van der Waals surface area contributed by atoms with Crippen molar-refractivity contribution in [1.82, 2.24) is 14.4 Å². The first-order valence-corrected chi connectivity index (χ1v) is 7.66. The molecule has 5 nitrogen and oxygen atoms in total. The number of H-pyrrole nitrogens is 1. The summed E-state index contributed by atoms with van der Waals surface area (Å²) in [5.74, 6) is 0. The molecule has 0 unspecified atom stereocenters.